The Bertz CT molecular complexity index is 1090. The molecule has 1 saturated carbocycles. The van der Waals surface area contributed by atoms with E-state index in [1.807, 2.05) is 31.2 Å². The fraction of sp³-hybridized carbons (Fsp3) is 0.571. The summed E-state index contributed by atoms with van der Waals surface area (Å²) < 4.78 is 11.2. The molecule has 1 aromatic carbocycles. The summed E-state index contributed by atoms with van der Waals surface area (Å²) in [7, 11) is 3.38. The first-order valence-electron chi connectivity index (χ1n) is 12.3. The molecule has 2 aliphatic carbocycles. The maximum absolute atomic E-state index is 12.9. The molecule has 0 spiro atoms. The number of fused-ring (bicyclic) bond motifs is 2. The molecule has 1 heterocycles. The normalized spacial score (nSPS) is 28.3. The van der Waals surface area contributed by atoms with Gasteiger partial charge in [-0.25, -0.2) is 4.98 Å². The van der Waals surface area contributed by atoms with Crippen LogP contribution in [-0.4, -0.2) is 47.7 Å². The van der Waals surface area contributed by atoms with Crippen molar-refractivity contribution >= 4 is 17.2 Å². The van der Waals surface area contributed by atoms with Crippen LogP contribution >= 0.6 is 11.3 Å². The number of carbonyl (C=O) groups excluding carboxylic acids is 1. The van der Waals surface area contributed by atoms with Gasteiger partial charge >= 0.3 is 0 Å². The van der Waals surface area contributed by atoms with Crippen molar-refractivity contribution in [3.8, 4) is 23.8 Å². The van der Waals surface area contributed by atoms with E-state index in [1.165, 1.54) is 4.88 Å². The number of hydrogen-bond acceptors (Lipinski definition) is 6. The summed E-state index contributed by atoms with van der Waals surface area (Å²) in [6, 6.07) is 7.54. The lowest BCUT2D eigenvalue weighted by Crippen LogP contribution is -2.53. The largest absolute Gasteiger partial charge is 0.497 e. The molecule has 1 aromatic heterocycles. The van der Waals surface area contributed by atoms with Gasteiger partial charge in [-0.05, 0) is 60.8 Å². The number of amides is 1. The highest BCUT2D eigenvalue weighted by Gasteiger charge is 2.54. The number of carbonyl (C=O) groups is 1. The van der Waals surface area contributed by atoms with Crippen LogP contribution < -0.4 is 9.47 Å². The molecule has 2 aliphatic rings. The van der Waals surface area contributed by atoms with E-state index in [0.29, 0.717) is 6.61 Å². The first-order chi connectivity index (χ1) is 16.7. The molecule has 0 bridgehead atoms. The minimum Gasteiger partial charge on any atom is -0.497 e. The lowest BCUT2D eigenvalue weighted by Gasteiger charge is -2.53. The molecule has 0 aliphatic heterocycles. The number of aromatic nitrogens is 1. The van der Waals surface area contributed by atoms with Crippen LogP contribution in [-0.2, 0) is 17.8 Å². The predicted molar refractivity (Wildman–Crippen MR) is 138 cm³/mol. The van der Waals surface area contributed by atoms with Crippen LogP contribution in [0.15, 0.2) is 24.3 Å². The molecule has 1 N–H and O–H groups in total. The maximum Gasteiger partial charge on any atom is 0.226 e. The summed E-state index contributed by atoms with van der Waals surface area (Å²) in [5.41, 5.74) is 1.06. The van der Waals surface area contributed by atoms with Gasteiger partial charge in [0.1, 0.15) is 23.1 Å². The standard InChI is InChI=1S/C28H36N2O4S/c1-7-14-30(5)27(32)17(2)21-12-13-28(4)15-22-25(18(3)24(28)26(21)31)29-23(35-22)16-34-20-10-8-19(33-6)9-11-20/h1,8-11,17-18,21,24,26,31H,12-16H2,2-6H3. The van der Waals surface area contributed by atoms with Crippen LogP contribution in [0.25, 0.3) is 0 Å². The van der Waals surface area contributed by atoms with Gasteiger partial charge in [-0.2, -0.15) is 0 Å². The van der Waals surface area contributed by atoms with Crippen LogP contribution in [0.5, 0.6) is 11.5 Å². The van der Waals surface area contributed by atoms with Gasteiger partial charge in [0.25, 0.3) is 0 Å². The smallest absolute Gasteiger partial charge is 0.226 e. The van der Waals surface area contributed by atoms with Crippen molar-refractivity contribution in [2.75, 3.05) is 20.7 Å². The van der Waals surface area contributed by atoms with Gasteiger partial charge in [-0.3, -0.25) is 4.79 Å². The Balaban J connectivity index is 1.49. The van der Waals surface area contributed by atoms with E-state index in [4.69, 9.17) is 20.9 Å². The van der Waals surface area contributed by atoms with E-state index in [9.17, 15) is 9.90 Å². The van der Waals surface area contributed by atoms with Crippen LogP contribution in [0.4, 0.5) is 0 Å². The molecule has 4 rings (SSSR count). The third-order valence-corrected chi connectivity index (χ3v) is 9.17. The number of thiazole rings is 1. The van der Waals surface area contributed by atoms with Crippen molar-refractivity contribution in [2.24, 2.45) is 23.2 Å². The zero-order valence-electron chi connectivity index (χ0n) is 21.3. The average Bonchev–Trinajstić information content (AvgIpc) is 3.25. The molecule has 35 heavy (non-hydrogen) atoms. The molecule has 1 fully saturated rings. The number of benzene rings is 1. The Labute approximate surface area is 212 Å². The number of rotatable bonds is 7. The number of methoxy groups -OCH3 is 1. The number of hydrogen-bond donors (Lipinski definition) is 1. The monoisotopic (exact) mass is 496 g/mol. The fourth-order valence-electron chi connectivity index (χ4n) is 6.22. The van der Waals surface area contributed by atoms with Gasteiger partial charge in [0, 0.05) is 23.8 Å². The Kier molecular flexibility index (Phi) is 7.44. The third-order valence-electron chi connectivity index (χ3n) is 8.12. The summed E-state index contributed by atoms with van der Waals surface area (Å²) in [6.07, 6.45) is 7.55. The van der Waals surface area contributed by atoms with E-state index < -0.39 is 6.10 Å². The third kappa shape index (κ3) is 4.92. The van der Waals surface area contributed by atoms with Crippen LogP contribution in [0, 0.1) is 35.5 Å². The fourth-order valence-corrected chi connectivity index (χ4v) is 7.51. The zero-order chi connectivity index (χ0) is 25.3. The van der Waals surface area contributed by atoms with Gasteiger partial charge in [0.05, 0.1) is 25.5 Å². The first-order valence-corrected chi connectivity index (χ1v) is 13.1. The molecule has 2 aromatic rings. The lowest BCUT2D eigenvalue weighted by molar-refractivity contribution is -0.142. The Morgan fingerprint density at radius 3 is 2.71 bits per heavy atom. The summed E-state index contributed by atoms with van der Waals surface area (Å²) >= 11 is 1.72. The zero-order valence-corrected chi connectivity index (χ0v) is 22.1. The van der Waals surface area contributed by atoms with E-state index in [1.54, 1.807) is 30.4 Å². The molecular formula is C28H36N2O4S. The van der Waals surface area contributed by atoms with Gasteiger partial charge in [0.15, 0.2) is 0 Å². The average molecular weight is 497 g/mol. The molecule has 188 valence electrons. The van der Waals surface area contributed by atoms with E-state index in [2.05, 4.69) is 19.8 Å². The van der Waals surface area contributed by atoms with Crippen LogP contribution in [0.3, 0.4) is 0 Å². The van der Waals surface area contributed by atoms with Crippen molar-refractivity contribution in [1.29, 1.82) is 0 Å². The lowest BCUT2D eigenvalue weighted by atomic mass is 9.53. The SMILES string of the molecule is C#CCN(C)C(=O)C(C)C1CCC2(C)Cc3sc(COc4ccc(OC)cc4)nc3C(C)C2C1O. The van der Waals surface area contributed by atoms with Crippen molar-refractivity contribution in [2.45, 2.75) is 58.7 Å². The predicted octanol–water partition coefficient (Wildman–Crippen LogP) is 4.51. The van der Waals surface area contributed by atoms with E-state index in [-0.39, 0.29) is 41.5 Å². The van der Waals surface area contributed by atoms with Crippen molar-refractivity contribution in [1.82, 2.24) is 9.88 Å². The van der Waals surface area contributed by atoms with Gasteiger partial charge in [-0.15, -0.1) is 17.8 Å². The second-order valence-corrected chi connectivity index (χ2v) is 11.6. The van der Waals surface area contributed by atoms with Crippen molar-refractivity contribution in [3.63, 3.8) is 0 Å². The number of aliphatic hydroxyl groups excluding tert-OH is 1. The number of nitrogens with zero attached hydrogens (tertiary/aromatic N) is 2. The molecule has 7 heteroatoms. The van der Waals surface area contributed by atoms with Gasteiger partial charge < -0.3 is 19.5 Å². The number of ether oxygens (including phenoxy) is 2. The highest BCUT2D eigenvalue weighted by Crippen LogP contribution is 2.57. The quantitative estimate of drug-likeness (QED) is 0.571. The van der Waals surface area contributed by atoms with E-state index in [0.717, 1.165) is 41.5 Å². The second-order valence-electron chi connectivity index (χ2n) is 10.4. The minimum absolute atomic E-state index is 0.00591. The first kappa shape index (κ1) is 25.5. The van der Waals surface area contributed by atoms with Crippen LogP contribution in [0.2, 0.25) is 0 Å². The van der Waals surface area contributed by atoms with Crippen molar-refractivity contribution < 1.29 is 19.4 Å². The molecule has 1 amide bonds. The second kappa shape index (κ2) is 10.2. The van der Waals surface area contributed by atoms with E-state index >= 15 is 0 Å². The Hall–Kier alpha value is -2.56. The molecule has 6 unspecified atom stereocenters. The molecule has 6 nitrogen and oxygen atoms in total. The summed E-state index contributed by atoms with van der Waals surface area (Å²) in [6.45, 7) is 7.10. The Morgan fingerprint density at radius 1 is 1.37 bits per heavy atom. The highest BCUT2D eigenvalue weighted by molar-refractivity contribution is 7.11. The minimum atomic E-state index is -0.559. The molecule has 0 saturated heterocycles. The van der Waals surface area contributed by atoms with Gasteiger partial charge in [-0.1, -0.05) is 26.7 Å². The number of aliphatic hydroxyl groups is 1. The topological polar surface area (TPSA) is 71.9 Å². The maximum atomic E-state index is 12.9. The number of terminal acetylenes is 1. The molecular weight excluding hydrogens is 460 g/mol. The highest BCUT2D eigenvalue weighted by atomic mass is 32.1. The van der Waals surface area contributed by atoms with Crippen LogP contribution in [0.1, 0.15) is 55.1 Å². The summed E-state index contributed by atoms with van der Waals surface area (Å²) in [5.74, 6) is 3.92. The van der Waals surface area contributed by atoms with Gasteiger partial charge in [0.2, 0.25) is 5.91 Å². The summed E-state index contributed by atoms with van der Waals surface area (Å²) in [4.78, 5) is 20.8. The summed E-state index contributed by atoms with van der Waals surface area (Å²) in [5, 5.41) is 12.5. The van der Waals surface area contributed by atoms with Crippen molar-refractivity contribution in [3.05, 3.63) is 39.8 Å². The Morgan fingerprint density at radius 2 is 2.06 bits per heavy atom. The molecule has 6 atom stereocenters. The molecule has 0 radical (unpaired) electrons.